The van der Waals surface area contributed by atoms with E-state index in [-0.39, 0.29) is 36.2 Å². The molecular formula is C28H35ClN4O3S. The molecule has 0 spiro atoms. The summed E-state index contributed by atoms with van der Waals surface area (Å²) in [5.74, 6) is 2.86. The molecule has 0 aliphatic heterocycles. The predicted octanol–water partition coefficient (Wildman–Crippen LogP) is 5.68. The number of rotatable bonds is 7. The fraction of sp³-hybridized carbons (Fsp3) is 0.607. The lowest BCUT2D eigenvalue weighted by Crippen LogP contribution is -2.63. The van der Waals surface area contributed by atoms with Gasteiger partial charge in [0.1, 0.15) is 23.1 Å². The Morgan fingerprint density at radius 1 is 0.973 bits per heavy atom. The van der Waals surface area contributed by atoms with Crippen LogP contribution in [0.2, 0.25) is 5.02 Å². The number of aromatic nitrogens is 1. The number of amides is 3. The minimum atomic E-state index is -0.200. The van der Waals surface area contributed by atoms with Crippen molar-refractivity contribution in [3.63, 3.8) is 0 Å². The maximum atomic E-state index is 13.1. The molecule has 198 valence electrons. The zero-order chi connectivity index (χ0) is 25.4. The van der Waals surface area contributed by atoms with E-state index in [0.717, 1.165) is 67.7 Å². The van der Waals surface area contributed by atoms with Gasteiger partial charge in [-0.2, -0.15) is 0 Å². The van der Waals surface area contributed by atoms with Crippen LogP contribution >= 0.6 is 22.9 Å². The summed E-state index contributed by atoms with van der Waals surface area (Å²) in [4.78, 5) is 30.6. The van der Waals surface area contributed by atoms with Gasteiger partial charge in [-0.1, -0.05) is 24.4 Å². The lowest BCUT2D eigenvalue weighted by atomic mass is 9.53. The lowest BCUT2D eigenvalue weighted by molar-refractivity contribution is -0.0138. The van der Waals surface area contributed by atoms with Gasteiger partial charge in [-0.05, 0) is 93.4 Å². The molecule has 0 saturated heterocycles. The van der Waals surface area contributed by atoms with Crippen LogP contribution in [0.3, 0.4) is 0 Å². The van der Waals surface area contributed by atoms with Crippen molar-refractivity contribution < 1.29 is 14.3 Å². The Hall–Kier alpha value is -2.32. The second-order valence-corrected chi connectivity index (χ2v) is 13.0. The molecule has 5 fully saturated rings. The molecule has 0 unspecified atom stereocenters. The van der Waals surface area contributed by atoms with Gasteiger partial charge in [0, 0.05) is 22.0 Å². The lowest BCUT2D eigenvalue weighted by Gasteiger charge is -2.56. The predicted molar refractivity (Wildman–Crippen MR) is 144 cm³/mol. The van der Waals surface area contributed by atoms with Gasteiger partial charge in [-0.3, -0.25) is 4.79 Å². The van der Waals surface area contributed by atoms with Gasteiger partial charge in [0.25, 0.3) is 5.91 Å². The molecular weight excluding hydrogens is 508 g/mol. The van der Waals surface area contributed by atoms with Crippen LogP contribution in [-0.4, -0.2) is 34.5 Å². The third-order valence-electron chi connectivity index (χ3n) is 8.78. The first-order chi connectivity index (χ1) is 17.9. The topological polar surface area (TPSA) is 92.4 Å². The first-order valence-electron chi connectivity index (χ1n) is 13.7. The number of benzene rings is 1. The maximum absolute atomic E-state index is 13.1. The molecule has 3 amide bonds. The number of thiazole rings is 1. The highest BCUT2D eigenvalue weighted by Gasteiger charge is 2.51. The van der Waals surface area contributed by atoms with E-state index in [4.69, 9.17) is 16.3 Å². The van der Waals surface area contributed by atoms with E-state index in [0.29, 0.717) is 16.5 Å². The summed E-state index contributed by atoms with van der Waals surface area (Å²) in [7, 11) is 0. The van der Waals surface area contributed by atoms with Crippen molar-refractivity contribution in [1.29, 1.82) is 0 Å². The van der Waals surface area contributed by atoms with Crippen molar-refractivity contribution in [3.8, 4) is 5.75 Å². The van der Waals surface area contributed by atoms with Crippen LogP contribution in [-0.2, 0) is 6.61 Å². The maximum Gasteiger partial charge on any atom is 0.315 e. The molecule has 1 aromatic heterocycles. The van der Waals surface area contributed by atoms with Gasteiger partial charge in [0.15, 0.2) is 0 Å². The number of hydrogen-bond donors (Lipinski definition) is 3. The fourth-order valence-corrected chi connectivity index (χ4v) is 8.40. The van der Waals surface area contributed by atoms with Crippen molar-refractivity contribution in [2.24, 2.45) is 17.8 Å². The van der Waals surface area contributed by atoms with Gasteiger partial charge >= 0.3 is 6.03 Å². The zero-order valence-electron chi connectivity index (χ0n) is 21.0. The monoisotopic (exact) mass is 542 g/mol. The van der Waals surface area contributed by atoms with E-state index in [9.17, 15) is 9.59 Å². The number of hydrogen-bond acceptors (Lipinski definition) is 5. The average molecular weight is 543 g/mol. The highest BCUT2D eigenvalue weighted by atomic mass is 35.5. The molecule has 9 heteroatoms. The SMILES string of the molecule is O=C(N[C@@H]1CCCC[C@H]1NC(=O)c1csc(COc2ccc(Cl)cc2)n1)NC12CC3CC(CC(C3)C1)C2. The molecule has 7 rings (SSSR count). The number of carbonyl (C=O) groups is 2. The second-order valence-electron chi connectivity index (χ2n) is 11.6. The van der Waals surface area contributed by atoms with Crippen molar-refractivity contribution in [1.82, 2.24) is 20.9 Å². The number of nitrogens with zero attached hydrogens (tertiary/aromatic N) is 1. The number of urea groups is 1. The summed E-state index contributed by atoms with van der Waals surface area (Å²) in [6, 6.07) is 6.92. The van der Waals surface area contributed by atoms with Gasteiger partial charge in [-0.15, -0.1) is 11.3 Å². The molecule has 0 radical (unpaired) electrons. The third-order valence-corrected chi connectivity index (χ3v) is 9.85. The van der Waals surface area contributed by atoms with E-state index in [1.54, 1.807) is 29.6 Å². The normalized spacial score (nSPS) is 32.1. The minimum Gasteiger partial charge on any atom is -0.486 e. The molecule has 7 nitrogen and oxygen atoms in total. The van der Waals surface area contributed by atoms with E-state index in [1.807, 2.05) is 0 Å². The Bertz CT molecular complexity index is 1100. The fourth-order valence-electron chi connectivity index (χ4n) is 7.59. The molecule has 2 atom stereocenters. The van der Waals surface area contributed by atoms with Crippen LogP contribution in [0, 0.1) is 17.8 Å². The minimum absolute atomic E-state index is 0.0165. The largest absolute Gasteiger partial charge is 0.486 e. The first kappa shape index (κ1) is 25.0. The van der Waals surface area contributed by atoms with Crippen molar-refractivity contribution >= 4 is 34.9 Å². The molecule has 37 heavy (non-hydrogen) atoms. The van der Waals surface area contributed by atoms with Gasteiger partial charge in [0.05, 0.1) is 6.04 Å². The van der Waals surface area contributed by atoms with E-state index < -0.39 is 0 Å². The standard InChI is InChI=1S/C28H35ClN4O3S/c29-20-5-7-21(8-6-20)36-15-25-30-24(16-37-25)26(34)31-22-3-1-2-4-23(22)32-27(35)33-28-12-17-9-18(13-28)11-19(10-17)14-28/h5-8,16-19,22-23H,1-4,9-15H2,(H,31,34)(H2,32,33,35)/t17?,18?,19?,22-,23-,28?/m1/s1. The van der Waals surface area contributed by atoms with Crippen molar-refractivity contribution in [2.45, 2.75) is 88.4 Å². The number of halogens is 1. The van der Waals surface area contributed by atoms with Crippen LogP contribution in [0.25, 0.3) is 0 Å². The quantitative estimate of drug-likeness (QED) is 0.419. The molecule has 2 aromatic rings. The Balaban J connectivity index is 1.02. The Labute approximate surface area is 227 Å². The molecule has 1 aromatic carbocycles. The Morgan fingerprint density at radius 3 is 2.24 bits per heavy atom. The third kappa shape index (κ3) is 5.75. The first-order valence-corrected chi connectivity index (χ1v) is 14.9. The van der Waals surface area contributed by atoms with Crippen LogP contribution in [0.5, 0.6) is 5.75 Å². The molecule has 5 aliphatic carbocycles. The number of nitrogens with one attached hydrogen (secondary N) is 3. The van der Waals surface area contributed by atoms with Crippen LogP contribution in [0.15, 0.2) is 29.6 Å². The van der Waals surface area contributed by atoms with Crippen LogP contribution < -0.4 is 20.7 Å². The Kier molecular flexibility index (Phi) is 7.05. The summed E-state index contributed by atoms with van der Waals surface area (Å²) < 4.78 is 5.75. The van der Waals surface area contributed by atoms with Crippen LogP contribution in [0.4, 0.5) is 4.79 Å². The highest BCUT2D eigenvalue weighted by molar-refractivity contribution is 7.09. The summed E-state index contributed by atoms with van der Waals surface area (Å²) in [6.45, 7) is 0.289. The zero-order valence-corrected chi connectivity index (χ0v) is 22.6. The highest BCUT2D eigenvalue weighted by Crippen LogP contribution is 2.55. The molecule has 5 aliphatic rings. The van der Waals surface area contributed by atoms with Gasteiger partial charge < -0.3 is 20.7 Å². The average Bonchev–Trinajstić information content (AvgIpc) is 3.33. The summed E-state index contributed by atoms with van der Waals surface area (Å²) in [6.07, 6.45) is 11.3. The smallest absolute Gasteiger partial charge is 0.315 e. The summed E-state index contributed by atoms with van der Waals surface area (Å²) in [5.41, 5.74) is 0.374. The molecule has 4 bridgehead atoms. The van der Waals surface area contributed by atoms with Crippen molar-refractivity contribution in [3.05, 3.63) is 45.4 Å². The molecule has 1 heterocycles. The summed E-state index contributed by atoms with van der Waals surface area (Å²) in [5, 5.41) is 13.0. The molecule has 5 saturated carbocycles. The molecule has 3 N–H and O–H groups in total. The van der Waals surface area contributed by atoms with Gasteiger partial charge in [0.2, 0.25) is 0 Å². The Morgan fingerprint density at radius 2 is 1.59 bits per heavy atom. The van der Waals surface area contributed by atoms with E-state index >= 15 is 0 Å². The van der Waals surface area contributed by atoms with Crippen molar-refractivity contribution in [2.75, 3.05) is 0 Å². The van der Waals surface area contributed by atoms with Gasteiger partial charge in [-0.25, -0.2) is 9.78 Å². The van der Waals surface area contributed by atoms with Crippen LogP contribution in [0.1, 0.15) is 79.7 Å². The summed E-state index contributed by atoms with van der Waals surface area (Å²) >= 11 is 7.32. The number of carbonyl (C=O) groups excluding carboxylic acids is 2. The second kappa shape index (κ2) is 10.4. The number of ether oxygens (including phenoxy) is 1. The van der Waals surface area contributed by atoms with E-state index in [2.05, 4.69) is 20.9 Å². The van der Waals surface area contributed by atoms with E-state index in [1.165, 1.54) is 30.6 Å².